The van der Waals surface area contributed by atoms with E-state index in [2.05, 4.69) is 10.5 Å². The molecule has 0 bridgehead atoms. The van der Waals surface area contributed by atoms with Crippen molar-refractivity contribution in [1.29, 1.82) is 0 Å². The maximum absolute atomic E-state index is 14.2. The molecule has 0 fully saturated rings. The largest absolute Gasteiger partial charge is 0.273 e. The van der Waals surface area contributed by atoms with E-state index in [9.17, 15) is 13.6 Å². The van der Waals surface area contributed by atoms with Crippen LogP contribution in [0.5, 0.6) is 0 Å². The van der Waals surface area contributed by atoms with Crippen molar-refractivity contribution in [2.24, 2.45) is 5.10 Å². The van der Waals surface area contributed by atoms with Crippen LogP contribution in [0.1, 0.15) is 18.4 Å². The van der Waals surface area contributed by atoms with Gasteiger partial charge in [-0.05, 0) is 23.8 Å². The van der Waals surface area contributed by atoms with Crippen LogP contribution >= 0.6 is 0 Å². The molecule has 2 aromatic carbocycles. The van der Waals surface area contributed by atoms with Crippen LogP contribution in [-0.4, -0.2) is 11.6 Å². The van der Waals surface area contributed by atoms with Crippen molar-refractivity contribution in [3.8, 4) is 11.1 Å². The zero-order chi connectivity index (χ0) is 14.8. The van der Waals surface area contributed by atoms with E-state index in [1.165, 1.54) is 30.3 Å². The molecule has 2 aromatic rings. The molecule has 1 N–H and O–H groups in total. The number of amides is 1. The molecule has 0 unspecified atom stereocenters. The summed E-state index contributed by atoms with van der Waals surface area (Å²) >= 11 is 0. The van der Waals surface area contributed by atoms with Gasteiger partial charge in [-0.25, -0.2) is 14.2 Å². The van der Waals surface area contributed by atoms with Crippen LogP contribution in [0.4, 0.5) is 8.78 Å². The highest BCUT2D eigenvalue weighted by Gasteiger charge is 2.15. The molecule has 0 radical (unpaired) electrons. The Hall–Kier alpha value is -2.56. The lowest BCUT2D eigenvalue weighted by Crippen LogP contribution is -2.25. The van der Waals surface area contributed by atoms with Gasteiger partial charge in [0.2, 0.25) is 5.91 Å². The summed E-state index contributed by atoms with van der Waals surface area (Å²) < 4.78 is 27.1. The van der Waals surface area contributed by atoms with E-state index in [1.54, 1.807) is 12.1 Å². The normalized spacial score (nSPS) is 14.6. The Balaban J connectivity index is 1.93. The molecule has 3 nitrogen and oxygen atoms in total. The van der Waals surface area contributed by atoms with Gasteiger partial charge in [0.25, 0.3) is 0 Å². The fourth-order valence-corrected chi connectivity index (χ4v) is 2.24. The highest BCUT2D eigenvalue weighted by atomic mass is 19.1. The fourth-order valence-electron chi connectivity index (χ4n) is 2.24. The second kappa shape index (κ2) is 5.44. The lowest BCUT2D eigenvalue weighted by molar-refractivity contribution is -0.121. The topological polar surface area (TPSA) is 41.5 Å². The summed E-state index contributed by atoms with van der Waals surface area (Å²) in [5.74, 6) is -0.899. The molecule has 1 aliphatic rings. The third-order valence-electron chi connectivity index (χ3n) is 3.36. The molecule has 1 heterocycles. The summed E-state index contributed by atoms with van der Waals surface area (Å²) in [7, 11) is 0. The number of halogens is 2. The lowest BCUT2D eigenvalue weighted by atomic mass is 9.99. The van der Waals surface area contributed by atoms with Gasteiger partial charge in [-0.3, -0.25) is 4.79 Å². The molecular formula is C16H12F2N2O. The molecule has 0 aliphatic carbocycles. The minimum absolute atomic E-state index is 0.137. The van der Waals surface area contributed by atoms with Crippen LogP contribution in [0.15, 0.2) is 47.6 Å². The number of rotatable bonds is 2. The van der Waals surface area contributed by atoms with Crippen molar-refractivity contribution in [3.63, 3.8) is 0 Å². The Morgan fingerprint density at radius 3 is 2.29 bits per heavy atom. The van der Waals surface area contributed by atoms with Crippen molar-refractivity contribution >= 4 is 11.6 Å². The van der Waals surface area contributed by atoms with Crippen LogP contribution < -0.4 is 5.43 Å². The number of hydrazone groups is 1. The predicted octanol–water partition coefficient (Wildman–Crippen LogP) is 3.25. The fraction of sp³-hybridized carbons (Fsp3) is 0.125. The number of nitrogens with zero attached hydrogens (tertiary/aromatic N) is 1. The summed E-state index contributed by atoms with van der Waals surface area (Å²) in [5.41, 5.74) is 4.69. The summed E-state index contributed by atoms with van der Waals surface area (Å²) in [6.07, 6.45) is 0.835. The van der Waals surface area contributed by atoms with E-state index in [0.717, 1.165) is 0 Å². The van der Waals surface area contributed by atoms with Crippen molar-refractivity contribution in [1.82, 2.24) is 5.43 Å². The van der Waals surface area contributed by atoms with Crippen LogP contribution in [0, 0.1) is 11.6 Å². The van der Waals surface area contributed by atoms with E-state index < -0.39 is 5.82 Å². The summed E-state index contributed by atoms with van der Waals surface area (Å²) in [6, 6.07) is 10.4. The molecule has 3 rings (SSSR count). The first-order valence-corrected chi connectivity index (χ1v) is 6.55. The number of nitrogens with one attached hydrogen (secondary N) is 1. The van der Waals surface area contributed by atoms with Crippen molar-refractivity contribution in [2.75, 3.05) is 0 Å². The summed E-state index contributed by atoms with van der Waals surface area (Å²) in [5, 5.41) is 3.94. The number of benzene rings is 2. The number of carbonyl (C=O) groups excluding carboxylic acids is 1. The molecule has 0 spiro atoms. The highest BCUT2D eigenvalue weighted by molar-refractivity contribution is 6.04. The second-order valence-electron chi connectivity index (χ2n) is 4.79. The van der Waals surface area contributed by atoms with E-state index in [0.29, 0.717) is 35.2 Å². The first kappa shape index (κ1) is 13.4. The number of hydrogen-bond acceptors (Lipinski definition) is 2. The zero-order valence-electron chi connectivity index (χ0n) is 11.1. The molecule has 0 saturated heterocycles. The minimum atomic E-state index is -0.404. The smallest absolute Gasteiger partial charge is 0.240 e. The van der Waals surface area contributed by atoms with Crippen molar-refractivity contribution in [2.45, 2.75) is 12.8 Å². The minimum Gasteiger partial charge on any atom is -0.273 e. The van der Waals surface area contributed by atoms with Crippen LogP contribution in [0.3, 0.4) is 0 Å². The maximum Gasteiger partial charge on any atom is 0.240 e. The van der Waals surface area contributed by atoms with Crippen LogP contribution in [0.25, 0.3) is 11.1 Å². The monoisotopic (exact) mass is 286 g/mol. The molecule has 106 valence electrons. The quantitative estimate of drug-likeness (QED) is 0.904. The van der Waals surface area contributed by atoms with Gasteiger partial charge >= 0.3 is 0 Å². The Labute approximate surface area is 120 Å². The third-order valence-corrected chi connectivity index (χ3v) is 3.36. The van der Waals surface area contributed by atoms with E-state index in [1.807, 2.05) is 0 Å². The molecule has 1 aliphatic heterocycles. The molecule has 5 heteroatoms. The van der Waals surface area contributed by atoms with E-state index in [-0.39, 0.29) is 11.7 Å². The van der Waals surface area contributed by atoms with Gasteiger partial charge in [-0.1, -0.05) is 24.3 Å². The summed E-state index contributed by atoms with van der Waals surface area (Å²) in [6.45, 7) is 0. The predicted molar refractivity (Wildman–Crippen MR) is 75.7 cm³/mol. The number of carbonyl (C=O) groups is 1. The molecule has 21 heavy (non-hydrogen) atoms. The Morgan fingerprint density at radius 2 is 1.67 bits per heavy atom. The Kier molecular flexibility index (Phi) is 3.48. The van der Waals surface area contributed by atoms with E-state index >= 15 is 0 Å². The number of hydrogen-bond donors (Lipinski definition) is 1. The van der Waals surface area contributed by atoms with Gasteiger partial charge in [-0.2, -0.15) is 5.10 Å². The van der Waals surface area contributed by atoms with Gasteiger partial charge < -0.3 is 0 Å². The molecule has 0 atom stereocenters. The average Bonchev–Trinajstić information content (AvgIpc) is 2.49. The first-order chi connectivity index (χ1) is 10.1. The lowest BCUT2D eigenvalue weighted by Gasteiger charge is -2.13. The van der Waals surface area contributed by atoms with Gasteiger partial charge in [0.15, 0.2) is 0 Å². The molecular weight excluding hydrogens is 274 g/mol. The SMILES string of the molecule is O=C1CCC(c2ccc(-c3ccc(F)cc3)c(F)c2)=NN1. The van der Waals surface area contributed by atoms with Crippen molar-refractivity contribution in [3.05, 3.63) is 59.7 Å². The standard InChI is InChI=1S/C16H12F2N2O/c17-12-4-1-10(2-5-12)13-6-3-11(9-14(13)18)15-7-8-16(21)20-19-15/h1-6,9H,7-8H2,(H,20,21). The highest BCUT2D eigenvalue weighted by Crippen LogP contribution is 2.25. The first-order valence-electron chi connectivity index (χ1n) is 6.55. The average molecular weight is 286 g/mol. The van der Waals surface area contributed by atoms with Gasteiger partial charge in [0.1, 0.15) is 11.6 Å². The van der Waals surface area contributed by atoms with Crippen LogP contribution in [0.2, 0.25) is 0 Å². The Morgan fingerprint density at radius 1 is 0.952 bits per heavy atom. The third kappa shape index (κ3) is 2.81. The van der Waals surface area contributed by atoms with Gasteiger partial charge in [0, 0.05) is 24.0 Å². The van der Waals surface area contributed by atoms with E-state index in [4.69, 9.17) is 0 Å². The molecule has 0 saturated carbocycles. The second-order valence-corrected chi connectivity index (χ2v) is 4.79. The Bertz CT molecular complexity index is 724. The zero-order valence-corrected chi connectivity index (χ0v) is 11.1. The van der Waals surface area contributed by atoms with Crippen molar-refractivity contribution < 1.29 is 13.6 Å². The summed E-state index contributed by atoms with van der Waals surface area (Å²) in [4.78, 5) is 11.1. The van der Waals surface area contributed by atoms with Gasteiger partial charge in [0.05, 0.1) is 5.71 Å². The van der Waals surface area contributed by atoms with Gasteiger partial charge in [-0.15, -0.1) is 0 Å². The molecule has 1 amide bonds. The maximum atomic E-state index is 14.2. The van der Waals surface area contributed by atoms with Crippen LogP contribution in [-0.2, 0) is 4.79 Å². The molecule has 0 aromatic heterocycles.